The minimum absolute atomic E-state index is 0.214. The van der Waals surface area contributed by atoms with Crippen LogP contribution in [0, 0.1) is 25.2 Å². The lowest BCUT2D eigenvalue weighted by molar-refractivity contribution is 0.131. The molecule has 5 heteroatoms. The Morgan fingerprint density at radius 2 is 1.94 bits per heavy atom. The quantitative estimate of drug-likeness (QED) is 0.822. The summed E-state index contributed by atoms with van der Waals surface area (Å²) >= 11 is 0. The van der Waals surface area contributed by atoms with Gasteiger partial charge in [0.25, 0.3) is 0 Å². The largest absolute Gasteiger partial charge is 0.346 e. The van der Waals surface area contributed by atoms with Gasteiger partial charge in [0.1, 0.15) is 11.9 Å². The maximum Gasteiger partial charge on any atom is 0.142 e. The molecule has 1 unspecified atom stereocenters. The summed E-state index contributed by atoms with van der Waals surface area (Å²) in [4.78, 5) is 12.1. The van der Waals surface area contributed by atoms with Gasteiger partial charge in [0.2, 0.25) is 0 Å². The van der Waals surface area contributed by atoms with E-state index in [9.17, 15) is 5.26 Å². The van der Waals surface area contributed by atoms with Crippen LogP contribution in [0.5, 0.6) is 0 Å². The van der Waals surface area contributed by atoms with E-state index in [1.807, 2.05) is 13.8 Å². The number of hydrogen-bond donors (Lipinski definition) is 1. The van der Waals surface area contributed by atoms with E-state index in [4.69, 9.17) is 0 Å². The van der Waals surface area contributed by atoms with Crippen LogP contribution in [0.2, 0.25) is 0 Å². The van der Waals surface area contributed by atoms with Gasteiger partial charge in [0.05, 0.1) is 11.8 Å². The average molecular weight is 233 g/mol. The van der Waals surface area contributed by atoms with Gasteiger partial charge in [-0.2, -0.15) is 5.26 Å². The van der Waals surface area contributed by atoms with E-state index in [0.29, 0.717) is 0 Å². The van der Waals surface area contributed by atoms with Gasteiger partial charge in [-0.15, -0.1) is 0 Å². The molecular weight excluding hydrogens is 214 g/mol. The Bertz CT molecular complexity index is 423. The number of aromatic amines is 1. The number of H-pyrrole nitrogens is 1. The van der Waals surface area contributed by atoms with Crippen LogP contribution >= 0.6 is 0 Å². The lowest BCUT2D eigenvalue weighted by atomic mass is 10.1. The molecule has 92 valence electrons. The van der Waals surface area contributed by atoms with Gasteiger partial charge in [0.15, 0.2) is 0 Å². The summed E-state index contributed by atoms with van der Waals surface area (Å²) in [7, 11) is 2.11. The van der Waals surface area contributed by atoms with Gasteiger partial charge in [-0.3, -0.25) is 4.90 Å². The third kappa shape index (κ3) is 2.48. The molecule has 1 aliphatic rings. The van der Waals surface area contributed by atoms with Gasteiger partial charge in [-0.1, -0.05) is 0 Å². The second-order valence-electron chi connectivity index (χ2n) is 4.70. The first-order valence-electron chi connectivity index (χ1n) is 5.97. The lowest BCUT2D eigenvalue weighted by Gasteiger charge is -2.34. The number of likely N-dealkylation sites (N-methyl/N-ethyl adjacent to an activating group) is 1. The Balaban J connectivity index is 2.17. The summed E-state index contributed by atoms with van der Waals surface area (Å²) < 4.78 is 0. The fraction of sp³-hybridized carbons (Fsp3) is 0.667. The molecule has 0 saturated carbocycles. The number of hydrogen-bond acceptors (Lipinski definition) is 4. The number of piperazine rings is 1. The molecule has 0 spiro atoms. The standard InChI is InChI=1S/C12H19N5/c1-9-12(15-10(2)14-9)11(8-13)17-6-4-16(3)5-7-17/h11H,4-7H2,1-3H3,(H,14,15). The normalized spacial score (nSPS) is 20.1. The predicted molar refractivity (Wildman–Crippen MR) is 65.5 cm³/mol. The highest BCUT2D eigenvalue weighted by atomic mass is 15.3. The number of aromatic nitrogens is 2. The van der Waals surface area contributed by atoms with E-state index in [2.05, 4.69) is 32.9 Å². The molecule has 0 radical (unpaired) electrons. The number of aryl methyl sites for hydroxylation is 2. The van der Waals surface area contributed by atoms with Gasteiger partial charge < -0.3 is 9.88 Å². The van der Waals surface area contributed by atoms with Crippen molar-refractivity contribution in [2.75, 3.05) is 33.2 Å². The first-order valence-corrected chi connectivity index (χ1v) is 5.97. The van der Waals surface area contributed by atoms with Crippen molar-refractivity contribution in [2.45, 2.75) is 19.9 Å². The third-order valence-electron chi connectivity index (χ3n) is 3.33. The van der Waals surface area contributed by atoms with Crippen LogP contribution in [0.1, 0.15) is 23.3 Å². The fourth-order valence-corrected chi connectivity index (χ4v) is 2.29. The highest BCUT2D eigenvalue weighted by molar-refractivity contribution is 5.22. The summed E-state index contributed by atoms with van der Waals surface area (Å²) in [6.07, 6.45) is 0. The molecule has 0 amide bonds. The summed E-state index contributed by atoms with van der Waals surface area (Å²) in [5, 5.41) is 9.37. The number of nitrogens with one attached hydrogen (secondary N) is 1. The van der Waals surface area contributed by atoms with Crippen LogP contribution in [0.25, 0.3) is 0 Å². The Morgan fingerprint density at radius 3 is 2.41 bits per heavy atom. The van der Waals surface area contributed by atoms with E-state index >= 15 is 0 Å². The van der Waals surface area contributed by atoms with Crippen molar-refractivity contribution >= 4 is 0 Å². The molecule has 0 aromatic carbocycles. The first kappa shape index (κ1) is 12.1. The van der Waals surface area contributed by atoms with Gasteiger partial charge in [-0.25, -0.2) is 4.98 Å². The van der Waals surface area contributed by atoms with Gasteiger partial charge >= 0.3 is 0 Å². The predicted octanol–water partition coefficient (Wildman–Crippen LogP) is 0.839. The van der Waals surface area contributed by atoms with Crippen molar-refractivity contribution in [1.29, 1.82) is 5.26 Å². The van der Waals surface area contributed by atoms with E-state index < -0.39 is 0 Å². The summed E-state index contributed by atoms with van der Waals surface area (Å²) in [5.74, 6) is 0.881. The highest BCUT2D eigenvalue weighted by Gasteiger charge is 2.26. The van der Waals surface area contributed by atoms with E-state index in [1.54, 1.807) is 0 Å². The summed E-state index contributed by atoms with van der Waals surface area (Å²) in [5.41, 5.74) is 1.89. The zero-order chi connectivity index (χ0) is 12.4. The smallest absolute Gasteiger partial charge is 0.142 e. The molecule has 2 heterocycles. The van der Waals surface area contributed by atoms with E-state index in [1.165, 1.54) is 0 Å². The monoisotopic (exact) mass is 233 g/mol. The van der Waals surface area contributed by atoms with Crippen LogP contribution in [0.4, 0.5) is 0 Å². The molecule has 2 rings (SSSR count). The van der Waals surface area contributed by atoms with Crippen LogP contribution < -0.4 is 0 Å². The number of imidazole rings is 1. The maximum absolute atomic E-state index is 9.37. The van der Waals surface area contributed by atoms with Crippen molar-refractivity contribution in [1.82, 2.24) is 19.8 Å². The van der Waals surface area contributed by atoms with Gasteiger partial charge in [0, 0.05) is 31.9 Å². The zero-order valence-electron chi connectivity index (χ0n) is 10.7. The molecule has 1 saturated heterocycles. The second-order valence-corrected chi connectivity index (χ2v) is 4.70. The summed E-state index contributed by atoms with van der Waals surface area (Å²) in [6, 6.07) is 2.17. The van der Waals surface area contributed by atoms with Crippen molar-refractivity contribution in [2.24, 2.45) is 0 Å². The SMILES string of the molecule is Cc1nc(C(C#N)N2CCN(C)CC2)c(C)[nH]1. The Morgan fingerprint density at radius 1 is 1.29 bits per heavy atom. The Kier molecular flexibility index (Phi) is 3.46. The molecule has 1 aromatic rings. The van der Waals surface area contributed by atoms with E-state index in [-0.39, 0.29) is 6.04 Å². The van der Waals surface area contributed by atoms with Gasteiger partial charge in [-0.05, 0) is 20.9 Å². The molecule has 1 atom stereocenters. The molecule has 5 nitrogen and oxygen atoms in total. The van der Waals surface area contributed by atoms with Crippen molar-refractivity contribution < 1.29 is 0 Å². The number of rotatable bonds is 2. The lowest BCUT2D eigenvalue weighted by Crippen LogP contribution is -2.45. The average Bonchev–Trinajstić information content (AvgIpc) is 2.62. The van der Waals surface area contributed by atoms with Crippen LogP contribution in [0.3, 0.4) is 0 Å². The topological polar surface area (TPSA) is 59.0 Å². The molecule has 1 N–H and O–H groups in total. The minimum Gasteiger partial charge on any atom is -0.346 e. The van der Waals surface area contributed by atoms with Crippen molar-refractivity contribution in [3.8, 4) is 6.07 Å². The van der Waals surface area contributed by atoms with Crippen molar-refractivity contribution in [3.05, 3.63) is 17.2 Å². The van der Waals surface area contributed by atoms with Crippen molar-refractivity contribution in [3.63, 3.8) is 0 Å². The molecular formula is C12H19N5. The zero-order valence-corrected chi connectivity index (χ0v) is 10.7. The maximum atomic E-state index is 9.37. The number of nitriles is 1. The molecule has 0 bridgehead atoms. The van der Waals surface area contributed by atoms with E-state index in [0.717, 1.165) is 43.4 Å². The summed E-state index contributed by atoms with van der Waals surface area (Å²) in [6.45, 7) is 7.80. The van der Waals surface area contributed by atoms with Crippen LogP contribution in [-0.2, 0) is 0 Å². The van der Waals surface area contributed by atoms with Crippen LogP contribution in [0.15, 0.2) is 0 Å². The minimum atomic E-state index is -0.214. The molecule has 1 aliphatic heterocycles. The van der Waals surface area contributed by atoms with Crippen LogP contribution in [-0.4, -0.2) is 53.0 Å². The molecule has 1 aromatic heterocycles. The Hall–Kier alpha value is -1.38. The Labute approximate surface area is 102 Å². The number of nitrogens with zero attached hydrogens (tertiary/aromatic N) is 4. The molecule has 1 fully saturated rings. The molecule has 17 heavy (non-hydrogen) atoms. The third-order valence-corrected chi connectivity index (χ3v) is 3.33. The fourth-order valence-electron chi connectivity index (χ4n) is 2.29. The highest BCUT2D eigenvalue weighted by Crippen LogP contribution is 2.22. The second kappa shape index (κ2) is 4.86. The first-order chi connectivity index (χ1) is 8.11. The molecule has 0 aliphatic carbocycles.